The number of aromatic hydroxyl groups is 1. The number of phenols is 1. The number of ketones is 1. The quantitative estimate of drug-likeness (QED) is 0.190. The molecule has 0 fully saturated rings. The first kappa shape index (κ1) is 24.9. The Balaban J connectivity index is 1.58. The second kappa shape index (κ2) is 12.5. The van der Waals surface area contributed by atoms with Crippen molar-refractivity contribution in [1.29, 1.82) is 0 Å². The molecule has 2 aromatic carbocycles. The van der Waals surface area contributed by atoms with Crippen molar-refractivity contribution >= 4 is 21.7 Å². The number of aromatic nitrogens is 4. The fourth-order valence-corrected chi connectivity index (χ4v) is 4.04. The number of nitrogens with zero attached hydrogens (tertiary/aromatic N) is 4. The highest BCUT2D eigenvalue weighted by Gasteiger charge is 2.15. The number of aryl methyl sites for hydroxylation is 1. The number of benzene rings is 2. The van der Waals surface area contributed by atoms with Gasteiger partial charge >= 0.3 is 0 Å². The molecule has 1 heterocycles. The van der Waals surface area contributed by atoms with Crippen molar-refractivity contribution < 1.29 is 14.6 Å². The van der Waals surface area contributed by atoms with Crippen LogP contribution in [0.1, 0.15) is 72.4 Å². The average Bonchev–Trinajstić information content (AvgIpc) is 3.25. The predicted molar refractivity (Wildman–Crippen MR) is 131 cm³/mol. The molecule has 0 spiro atoms. The van der Waals surface area contributed by atoms with Gasteiger partial charge in [0.1, 0.15) is 18.1 Å². The molecule has 176 valence electrons. The summed E-state index contributed by atoms with van der Waals surface area (Å²) in [6.07, 6.45) is 5.51. The second-order valence-electron chi connectivity index (χ2n) is 8.07. The molecular weight excluding hydrogens is 484 g/mol. The van der Waals surface area contributed by atoms with Gasteiger partial charge < -0.3 is 9.84 Å². The van der Waals surface area contributed by atoms with Crippen molar-refractivity contribution in [3.63, 3.8) is 0 Å². The lowest BCUT2D eigenvalue weighted by Gasteiger charge is -2.14. The normalized spacial score (nSPS) is 11.0. The highest BCUT2D eigenvalue weighted by atomic mass is 79.9. The fraction of sp³-hybridized carbons (Fsp3) is 0.440. The number of phenolic OH excluding ortho intramolecular Hbond substituents is 1. The van der Waals surface area contributed by atoms with Gasteiger partial charge in [-0.15, -0.1) is 10.2 Å². The van der Waals surface area contributed by atoms with Gasteiger partial charge in [0.05, 0.1) is 12.1 Å². The maximum Gasteiger partial charge on any atom is 0.179 e. The van der Waals surface area contributed by atoms with Crippen molar-refractivity contribution in [2.45, 2.75) is 65.5 Å². The van der Waals surface area contributed by atoms with Gasteiger partial charge in [0, 0.05) is 17.3 Å². The van der Waals surface area contributed by atoms with Crippen LogP contribution in [0.5, 0.6) is 11.5 Å². The van der Waals surface area contributed by atoms with Gasteiger partial charge in [0.25, 0.3) is 0 Å². The Labute approximate surface area is 203 Å². The van der Waals surface area contributed by atoms with Crippen LogP contribution in [0.3, 0.4) is 0 Å². The molecule has 0 aliphatic heterocycles. The molecule has 0 atom stereocenters. The number of tetrazole rings is 1. The molecule has 8 heteroatoms. The average molecular weight is 515 g/mol. The Morgan fingerprint density at radius 3 is 2.61 bits per heavy atom. The molecule has 3 aromatic rings. The molecule has 1 N–H and O–H groups in total. The minimum Gasteiger partial charge on any atom is -0.507 e. The zero-order chi connectivity index (χ0) is 23.6. The van der Waals surface area contributed by atoms with Crippen molar-refractivity contribution in [1.82, 2.24) is 20.2 Å². The van der Waals surface area contributed by atoms with Gasteiger partial charge in [-0.1, -0.05) is 53.9 Å². The van der Waals surface area contributed by atoms with Crippen molar-refractivity contribution in [2.24, 2.45) is 0 Å². The van der Waals surface area contributed by atoms with Gasteiger partial charge in [-0.25, -0.2) is 0 Å². The number of unbranched alkanes of at least 4 members (excludes halogenated alkanes) is 2. The molecule has 0 saturated carbocycles. The van der Waals surface area contributed by atoms with Crippen LogP contribution in [0.25, 0.3) is 0 Å². The van der Waals surface area contributed by atoms with E-state index in [0.29, 0.717) is 30.8 Å². The Hall–Kier alpha value is -2.74. The number of hydrogen-bond donors (Lipinski definition) is 1. The van der Waals surface area contributed by atoms with Gasteiger partial charge in [-0.3, -0.25) is 4.79 Å². The topological polar surface area (TPSA) is 90.1 Å². The summed E-state index contributed by atoms with van der Waals surface area (Å²) in [5.41, 5.74) is 3.11. The van der Waals surface area contributed by atoms with Crippen molar-refractivity contribution in [2.75, 3.05) is 5.33 Å². The summed E-state index contributed by atoms with van der Waals surface area (Å²) in [5, 5.41) is 24.3. The number of Topliss-reactive ketones (excluding diaryl/α,β-unsaturated/α-hetero) is 1. The smallest absolute Gasteiger partial charge is 0.179 e. The van der Waals surface area contributed by atoms with Crippen LogP contribution >= 0.6 is 15.9 Å². The summed E-state index contributed by atoms with van der Waals surface area (Å²) in [7, 11) is 0. The summed E-state index contributed by atoms with van der Waals surface area (Å²) in [5.74, 6) is 1.37. The van der Waals surface area contributed by atoms with E-state index in [0.717, 1.165) is 60.0 Å². The first-order chi connectivity index (χ1) is 16.0. The molecule has 0 aliphatic carbocycles. The van der Waals surface area contributed by atoms with Crippen LogP contribution < -0.4 is 4.74 Å². The first-order valence-corrected chi connectivity index (χ1v) is 12.5. The van der Waals surface area contributed by atoms with Crippen LogP contribution in [0.15, 0.2) is 36.4 Å². The van der Waals surface area contributed by atoms with E-state index in [-0.39, 0.29) is 11.5 Å². The molecule has 0 unspecified atom stereocenters. The second-order valence-corrected chi connectivity index (χ2v) is 8.86. The van der Waals surface area contributed by atoms with Crippen LogP contribution in [-0.2, 0) is 26.0 Å². The van der Waals surface area contributed by atoms with E-state index in [9.17, 15) is 9.90 Å². The lowest BCUT2D eigenvalue weighted by molar-refractivity contribution is 0.101. The third kappa shape index (κ3) is 7.12. The van der Waals surface area contributed by atoms with Crippen LogP contribution in [-0.4, -0.2) is 36.4 Å². The van der Waals surface area contributed by atoms with E-state index in [1.807, 2.05) is 37.3 Å². The van der Waals surface area contributed by atoms with E-state index in [1.54, 1.807) is 10.9 Å². The summed E-state index contributed by atoms with van der Waals surface area (Å²) in [6.45, 7) is 4.62. The minimum atomic E-state index is -0.142. The summed E-state index contributed by atoms with van der Waals surface area (Å²) >= 11 is 3.44. The van der Waals surface area contributed by atoms with E-state index in [1.165, 1.54) is 6.92 Å². The largest absolute Gasteiger partial charge is 0.507 e. The molecule has 0 bridgehead atoms. The highest BCUT2D eigenvalue weighted by Crippen LogP contribution is 2.29. The molecule has 1 aromatic heterocycles. The highest BCUT2D eigenvalue weighted by molar-refractivity contribution is 9.09. The van der Waals surface area contributed by atoms with Crippen molar-refractivity contribution in [3.8, 4) is 11.5 Å². The van der Waals surface area contributed by atoms with E-state index in [2.05, 4.69) is 31.3 Å². The monoisotopic (exact) mass is 514 g/mol. The molecule has 3 rings (SSSR count). The lowest BCUT2D eigenvalue weighted by atomic mass is 9.97. The Kier molecular flexibility index (Phi) is 9.42. The van der Waals surface area contributed by atoms with E-state index in [4.69, 9.17) is 4.74 Å². The molecule has 33 heavy (non-hydrogen) atoms. The molecule has 0 saturated heterocycles. The first-order valence-electron chi connectivity index (χ1n) is 11.4. The Morgan fingerprint density at radius 1 is 1.12 bits per heavy atom. The Bertz CT molecular complexity index is 1050. The SMILES string of the molecule is CCCc1c(COc2ccc(Cc3nnn(CCCCCBr)n3)cc2)ccc(C(C)=O)c1O. The van der Waals surface area contributed by atoms with Crippen molar-refractivity contribution in [3.05, 3.63) is 64.5 Å². The number of rotatable bonds is 13. The maximum absolute atomic E-state index is 11.7. The van der Waals surface area contributed by atoms with Gasteiger partial charge in [0.2, 0.25) is 0 Å². The van der Waals surface area contributed by atoms with E-state index >= 15 is 0 Å². The van der Waals surface area contributed by atoms with Crippen LogP contribution in [0, 0.1) is 0 Å². The molecule has 0 aliphatic rings. The standard InChI is InChI=1S/C25H31BrN4O3/c1-3-7-23-20(10-13-22(18(2)31)25(23)32)17-33-21-11-8-19(9-12-21)16-24-27-29-30(28-24)15-6-4-5-14-26/h8-13,32H,3-7,14-17H2,1-2H3. The summed E-state index contributed by atoms with van der Waals surface area (Å²) < 4.78 is 5.96. The third-order valence-corrected chi connectivity index (χ3v) is 5.99. The molecule has 0 amide bonds. The zero-order valence-electron chi connectivity index (χ0n) is 19.3. The molecule has 0 radical (unpaired) electrons. The number of halogens is 1. The maximum atomic E-state index is 11.7. The fourth-order valence-electron chi connectivity index (χ4n) is 3.64. The molecular formula is C25H31BrN4O3. The van der Waals surface area contributed by atoms with E-state index < -0.39 is 0 Å². The van der Waals surface area contributed by atoms with Gasteiger partial charge in [0.15, 0.2) is 11.6 Å². The summed E-state index contributed by atoms with van der Waals surface area (Å²) in [6, 6.07) is 11.4. The number of carbonyl (C=O) groups excluding carboxylic acids is 1. The lowest BCUT2D eigenvalue weighted by Crippen LogP contribution is -2.04. The third-order valence-electron chi connectivity index (χ3n) is 5.43. The van der Waals surface area contributed by atoms with Gasteiger partial charge in [-0.05, 0) is 60.7 Å². The van der Waals surface area contributed by atoms with Gasteiger partial charge in [-0.2, -0.15) is 4.80 Å². The summed E-state index contributed by atoms with van der Waals surface area (Å²) in [4.78, 5) is 13.4. The predicted octanol–water partition coefficient (Wildman–Crippen LogP) is 5.27. The number of carbonyl (C=O) groups is 1. The minimum absolute atomic E-state index is 0.0736. The number of hydrogen-bond acceptors (Lipinski definition) is 6. The Morgan fingerprint density at radius 2 is 1.91 bits per heavy atom. The molecule has 7 nitrogen and oxygen atoms in total. The number of alkyl halides is 1. The van der Waals surface area contributed by atoms with Crippen LogP contribution in [0.2, 0.25) is 0 Å². The van der Waals surface area contributed by atoms with Crippen LogP contribution in [0.4, 0.5) is 0 Å². The zero-order valence-corrected chi connectivity index (χ0v) is 20.8. The number of ether oxygens (including phenoxy) is 1.